The van der Waals surface area contributed by atoms with Crippen LogP contribution in [0.2, 0.25) is 0 Å². The van der Waals surface area contributed by atoms with Crippen LogP contribution in [-0.2, 0) is 0 Å². The molecule has 0 aliphatic heterocycles. The molecule has 0 heterocycles. The van der Waals surface area contributed by atoms with E-state index in [9.17, 15) is 9.18 Å². The molecular formula is C13H18FNO2. The number of para-hydroxylation sites is 1. The van der Waals surface area contributed by atoms with E-state index < -0.39 is 11.8 Å². The molecule has 0 aromatic heterocycles. The summed E-state index contributed by atoms with van der Waals surface area (Å²) in [5.74, 6) is -1.20. The highest BCUT2D eigenvalue weighted by atomic mass is 19.1. The molecule has 3 nitrogen and oxygen atoms in total. The third kappa shape index (κ3) is 3.44. The Labute approximate surface area is 101 Å². The van der Waals surface area contributed by atoms with E-state index in [1.165, 1.54) is 18.2 Å². The molecule has 0 aliphatic rings. The summed E-state index contributed by atoms with van der Waals surface area (Å²) in [6, 6.07) is 4.07. The number of nitrogens with one attached hydrogen (secondary N) is 1. The van der Waals surface area contributed by atoms with Crippen LogP contribution in [0.5, 0.6) is 0 Å². The first kappa shape index (κ1) is 13.5. The van der Waals surface area contributed by atoms with E-state index in [2.05, 4.69) is 19.2 Å². The lowest BCUT2D eigenvalue weighted by molar-refractivity contribution is 0.0697. The first-order chi connectivity index (χ1) is 8.10. The summed E-state index contributed by atoms with van der Waals surface area (Å²) in [7, 11) is 0. The van der Waals surface area contributed by atoms with Crippen LogP contribution in [0.3, 0.4) is 0 Å². The summed E-state index contributed by atoms with van der Waals surface area (Å²) >= 11 is 0. The van der Waals surface area contributed by atoms with E-state index in [1.807, 2.05) is 0 Å². The van der Waals surface area contributed by atoms with Crippen molar-refractivity contribution >= 4 is 11.7 Å². The van der Waals surface area contributed by atoms with Gasteiger partial charge in [-0.25, -0.2) is 9.18 Å². The Kier molecular flexibility index (Phi) is 4.94. The van der Waals surface area contributed by atoms with Gasteiger partial charge in [-0.2, -0.15) is 0 Å². The van der Waals surface area contributed by atoms with Gasteiger partial charge in [0.05, 0.1) is 11.3 Å². The number of carbonyl (C=O) groups is 1. The highest BCUT2D eigenvalue weighted by Crippen LogP contribution is 2.21. The standard InChI is InChI=1S/C13H18FNO2/c1-3-9(4-2)8-15-12-10(13(16)17)6-5-7-11(12)14/h5-7,9,15H,3-4,8H2,1-2H3,(H,16,17). The van der Waals surface area contributed by atoms with Crippen molar-refractivity contribution in [1.29, 1.82) is 0 Å². The van der Waals surface area contributed by atoms with Gasteiger partial charge in [0, 0.05) is 6.54 Å². The number of anilines is 1. The Morgan fingerprint density at radius 2 is 2.06 bits per heavy atom. The van der Waals surface area contributed by atoms with Crippen molar-refractivity contribution in [2.75, 3.05) is 11.9 Å². The smallest absolute Gasteiger partial charge is 0.337 e. The quantitative estimate of drug-likeness (QED) is 0.800. The number of carboxylic acid groups (broad SMARTS) is 1. The number of aromatic carboxylic acids is 1. The van der Waals surface area contributed by atoms with Crippen LogP contribution < -0.4 is 5.32 Å². The van der Waals surface area contributed by atoms with Gasteiger partial charge in [-0.15, -0.1) is 0 Å². The third-order valence-electron chi connectivity index (χ3n) is 2.97. The van der Waals surface area contributed by atoms with Gasteiger partial charge in [0.15, 0.2) is 0 Å². The zero-order chi connectivity index (χ0) is 12.8. The second-order valence-electron chi connectivity index (χ2n) is 4.03. The van der Waals surface area contributed by atoms with Gasteiger partial charge in [0.2, 0.25) is 0 Å². The minimum absolute atomic E-state index is 0.0176. The average Bonchev–Trinajstić information content (AvgIpc) is 2.31. The van der Waals surface area contributed by atoms with Crippen molar-refractivity contribution in [2.45, 2.75) is 26.7 Å². The zero-order valence-corrected chi connectivity index (χ0v) is 10.2. The zero-order valence-electron chi connectivity index (χ0n) is 10.2. The number of hydrogen-bond donors (Lipinski definition) is 2. The molecule has 17 heavy (non-hydrogen) atoms. The minimum atomic E-state index is -1.11. The van der Waals surface area contributed by atoms with Crippen LogP contribution in [-0.4, -0.2) is 17.6 Å². The molecule has 0 unspecified atom stereocenters. The molecule has 0 spiro atoms. The van der Waals surface area contributed by atoms with E-state index in [0.29, 0.717) is 12.5 Å². The molecule has 0 radical (unpaired) electrons. The highest BCUT2D eigenvalue weighted by Gasteiger charge is 2.14. The first-order valence-corrected chi connectivity index (χ1v) is 5.85. The number of hydrogen-bond acceptors (Lipinski definition) is 2. The van der Waals surface area contributed by atoms with E-state index in [-0.39, 0.29) is 11.3 Å². The van der Waals surface area contributed by atoms with Gasteiger partial charge in [-0.3, -0.25) is 0 Å². The van der Waals surface area contributed by atoms with Crippen LogP contribution in [0.1, 0.15) is 37.0 Å². The SMILES string of the molecule is CCC(CC)CNc1c(F)cccc1C(=O)O. The van der Waals surface area contributed by atoms with Gasteiger partial charge in [-0.05, 0) is 18.1 Å². The monoisotopic (exact) mass is 239 g/mol. The second kappa shape index (κ2) is 6.23. The predicted octanol–water partition coefficient (Wildman–Crippen LogP) is 3.37. The van der Waals surface area contributed by atoms with Crippen molar-refractivity contribution in [3.8, 4) is 0 Å². The number of carboxylic acids is 1. The van der Waals surface area contributed by atoms with Crippen molar-refractivity contribution < 1.29 is 14.3 Å². The van der Waals surface area contributed by atoms with Crippen LogP contribution >= 0.6 is 0 Å². The van der Waals surface area contributed by atoms with E-state index in [4.69, 9.17) is 5.11 Å². The van der Waals surface area contributed by atoms with E-state index in [0.717, 1.165) is 12.8 Å². The summed E-state index contributed by atoms with van der Waals surface area (Å²) in [6.45, 7) is 4.72. The summed E-state index contributed by atoms with van der Waals surface area (Å²) < 4.78 is 13.5. The summed E-state index contributed by atoms with van der Waals surface area (Å²) in [5, 5.41) is 11.9. The van der Waals surface area contributed by atoms with Crippen LogP contribution in [0.4, 0.5) is 10.1 Å². The molecular weight excluding hydrogens is 221 g/mol. The summed E-state index contributed by atoms with van der Waals surface area (Å²) in [5.41, 5.74) is 0.0721. The van der Waals surface area contributed by atoms with Gasteiger partial charge in [0.25, 0.3) is 0 Å². The van der Waals surface area contributed by atoms with Crippen molar-refractivity contribution in [3.05, 3.63) is 29.6 Å². The maximum atomic E-state index is 13.5. The normalized spacial score (nSPS) is 10.6. The Hall–Kier alpha value is -1.58. The Bertz CT molecular complexity index is 389. The maximum Gasteiger partial charge on any atom is 0.337 e. The lowest BCUT2D eigenvalue weighted by Gasteiger charge is -2.16. The number of rotatable bonds is 6. The average molecular weight is 239 g/mol. The molecule has 0 aliphatic carbocycles. The summed E-state index contributed by atoms with van der Waals surface area (Å²) in [4.78, 5) is 11.0. The molecule has 94 valence electrons. The minimum Gasteiger partial charge on any atom is -0.478 e. The van der Waals surface area contributed by atoms with Gasteiger partial charge in [-0.1, -0.05) is 32.8 Å². The maximum absolute atomic E-state index is 13.5. The Balaban J connectivity index is 2.85. The summed E-state index contributed by atoms with van der Waals surface area (Å²) in [6.07, 6.45) is 1.97. The van der Waals surface area contributed by atoms with Gasteiger partial charge >= 0.3 is 5.97 Å². The third-order valence-corrected chi connectivity index (χ3v) is 2.97. The largest absolute Gasteiger partial charge is 0.478 e. The molecule has 0 saturated heterocycles. The molecule has 1 rings (SSSR count). The Morgan fingerprint density at radius 1 is 1.41 bits per heavy atom. The van der Waals surface area contributed by atoms with Crippen molar-refractivity contribution in [1.82, 2.24) is 0 Å². The molecule has 1 aromatic carbocycles. The van der Waals surface area contributed by atoms with Crippen LogP contribution in [0, 0.1) is 11.7 Å². The number of benzene rings is 1. The van der Waals surface area contributed by atoms with E-state index in [1.54, 1.807) is 0 Å². The Morgan fingerprint density at radius 3 is 2.59 bits per heavy atom. The van der Waals surface area contributed by atoms with Crippen LogP contribution in [0.25, 0.3) is 0 Å². The molecule has 2 N–H and O–H groups in total. The van der Waals surface area contributed by atoms with Crippen LogP contribution in [0.15, 0.2) is 18.2 Å². The molecule has 0 bridgehead atoms. The highest BCUT2D eigenvalue weighted by molar-refractivity contribution is 5.94. The molecule has 1 aromatic rings. The fraction of sp³-hybridized carbons (Fsp3) is 0.462. The predicted molar refractivity (Wildman–Crippen MR) is 65.9 cm³/mol. The topological polar surface area (TPSA) is 49.3 Å². The first-order valence-electron chi connectivity index (χ1n) is 5.85. The van der Waals surface area contributed by atoms with E-state index >= 15 is 0 Å². The molecule has 0 amide bonds. The lowest BCUT2D eigenvalue weighted by Crippen LogP contribution is -2.16. The van der Waals surface area contributed by atoms with Crippen molar-refractivity contribution in [3.63, 3.8) is 0 Å². The van der Waals surface area contributed by atoms with Crippen molar-refractivity contribution in [2.24, 2.45) is 5.92 Å². The lowest BCUT2D eigenvalue weighted by atomic mass is 10.0. The second-order valence-corrected chi connectivity index (χ2v) is 4.03. The molecule has 0 fully saturated rings. The fourth-order valence-electron chi connectivity index (χ4n) is 1.71. The van der Waals surface area contributed by atoms with Gasteiger partial charge in [0.1, 0.15) is 5.82 Å². The molecule has 0 atom stereocenters. The number of halogens is 1. The van der Waals surface area contributed by atoms with Gasteiger partial charge < -0.3 is 10.4 Å². The fourth-order valence-corrected chi connectivity index (χ4v) is 1.71. The molecule has 0 saturated carbocycles. The molecule has 4 heteroatoms.